The van der Waals surface area contributed by atoms with E-state index in [1.807, 2.05) is 27.7 Å². The van der Waals surface area contributed by atoms with Gasteiger partial charge in [-0.05, 0) is 57.8 Å². The van der Waals surface area contributed by atoms with E-state index in [4.69, 9.17) is 19.8 Å². The summed E-state index contributed by atoms with van der Waals surface area (Å²) in [7, 11) is -0.556. The molecule has 1 fully saturated rings. The molecule has 0 bridgehead atoms. The van der Waals surface area contributed by atoms with Crippen LogP contribution in [-0.4, -0.2) is 18.3 Å². The molecule has 1 aromatic rings. The van der Waals surface area contributed by atoms with Gasteiger partial charge >= 0.3 is 7.12 Å². The van der Waals surface area contributed by atoms with Gasteiger partial charge < -0.3 is 9.31 Å². The molecular weight excluding hydrogens is 251 g/mol. The lowest BCUT2D eigenvalue weighted by Crippen LogP contribution is -2.41. The number of hydrogen-bond acceptors (Lipinski definition) is 4. The number of rotatable bonds is 1. The third kappa shape index (κ3) is 2.20. The highest BCUT2D eigenvalue weighted by molar-refractivity contribution is 6.62. The van der Waals surface area contributed by atoms with Crippen LogP contribution in [0.15, 0.2) is 12.1 Å². The fourth-order valence-corrected chi connectivity index (χ4v) is 2.08. The summed E-state index contributed by atoms with van der Waals surface area (Å²) in [6.45, 7) is 9.65. The molecule has 2 rings (SSSR count). The fraction of sp³-hybridized carbons (Fsp3) is 0.467. The second-order valence-electron chi connectivity index (χ2n) is 6.05. The smallest absolute Gasteiger partial charge is 0.399 e. The van der Waals surface area contributed by atoms with Crippen LogP contribution in [0, 0.1) is 29.6 Å². The summed E-state index contributed by atoms with van der Waals surface area (Å²) in [5, 5.41) is 18.3. The lowest BCUT2D eigenvalue weighted by molar-refractivity contribution is 0.00578. The molecule has 0 amide bonds. The van der Waals surface area contributed by atoms with Crippen LogP contribution in [-0.2, 0) is 9.31 Å². The van der Waals surface area contributed by atoms with Crippen molar-refractivity contribution < 1.29 is 9.31 Å². The van der Waals surface area contributed by atoms with Crippen molar-refractivity contribution in [3.63, 3.8) is 0 Å². The molecule has 4 nitrogen and oxygen atoms in total. The molecule has 1 heterocycles. The molecule has 0 atom stereocenters. The Morgan fingerprint density at radius 1 is 0.950 bits per heavy atom. The van der Waals surface area contributed by atoms with Crippen molar-refractivity contribution in [3.8, 4) is 12.1 Å². The summed E-state index contributed by atoms with van der Waals surface area (Å²) in [5.74, 6) is 0. The average molecular weight is 268 g/mol. The first-order chi connectivity index (χ1) is 9.21. The largest absolute Gasteiger partial charge is 0.494 e. The maximum Gasteiger partial charge on any atom is 0.494 e. The molecule has 0 unspecified atom stereocenters. The van der Waals surface area contributed by atoms with Crippen LogP contribution < -0.4 is 5.46 Å². The van der Waals surface area contributed by atoms with E-state index in [9.17, 15) is 0 Å². The first kappa shape index (κ1) is 14.6. The fourth-order valence-electron chi connectivity index (χ4n) is 2.08. The van der Waals surface area contributed by atoms with Crippen LogP contribution >= 0.6 is 0 Å². The number of hydrogen-bond donors (Lipinski definition) is 0. The zero-order chi connectivity index (χ0) is 15.1. The van der Waals surface area contributed by atoms with Crippen LogP contribution in [0.5, 0.6) is 0 Å². The van der Waals surface area contributed by atoms with Gasteiger partial charge in [0.1, 0.15) is 0 Å². The summed E-state index contributed by atoms with van der Waals surface area (Å²) >= 11 is 0. The Hall–Kier alpha value is -1.82. The third-order valence-electron chi connectivity index (χ3n) is 4.20. The van der Waals surface area contributed by atoms with Gasteiger partial charge in [0.25, 0.3) is 0 Å². The molecule has 0 aromatic heterocycles. The lowest BCUT2D eigenvalue weighted by atomic mass is 9.76. The van der Waals surface area contributed by atoms with E-state index in [-0.39, 0.29) is 0 Å². The first-order valence-electron chi connectivity index (χ1n) is 6.52. The zero-order valence-corrected chi connectivity index (χ0v) is 12.4. The molecule has 0 spiro atoms. The van der Waals surface area contributed by atoms with Crippen molar-refractivity contribution in [1.82, 2.24) is 0 Å². The minimum absolute atomic E-state index is 0.442. The molecule has 5 heteroatoms. The summed E-state index contributed by atoms with van der Waals surface area (Å²) in [5.41, 5.74) is 1.48. The van der Waals surface area contributed by atoms with Crippen LogP contribution in [0.2, 0.25) is 0 Å². The summed E-state index contributed by atoms with van der Waals surface area (Å²) < 4.78 is 11.9. The average Bonchev–Trinajstić information content (AvgIpc) is 2.58. The first-order valence-corrected chi connectivity index (χ1v) is 6.52. The van der Waals surface area contributed by atoms with Crippen LogP contribution in [0.1, 0.15) is 44.4 Å². The Labute approximate surface area is 120 Å². The molecule has 1 saturated heterocycles. The van der Waals surface area contributed by atoms with Crippen molar-refractivity contribution in [1.29, 1.82) is 10.5 Å². The zero-order valence-electron chi connectivity index (χ0n) is 12.4. The molecule has 0 saturated carbocycles. The Kier molecular flexibility index (Phi) is 3.38. The molecule has 0 aliphatic carbocycles. The number of nitriles is 2. The Morgan fingerprint density at radius 2 is 1.35 bits per heavy atom. The molecule has 1 aromatic carbocycles. The van der Waals surface area contributed by atoms with E-state index in [2.05, 4.69) is 12.1 Å². The van der Waals surface area contributed by atoms with E-state index in [1.165, 1.54) is 0 Å². The second kappa shape index (κ2) is 4.63. The van der Waals surface area contributed by atoms with E-state index in [0.717, 1.165) is 0 Å². The number of benzene rings is 1. The van der Waals surface area contributed by atoms with Crippen molar-refractivity contribution in [2.24, 2.45) is 0 Å². The highest BCUT2D eigenvalue weighted by Gasteiger charge is 2.51. The van der Waals surface area contributed by atoms with Crippen molar-refractivity contribution in [2.75, 3.05) is 0 Å². The monoisotopic (exact) mass is 268 g/mol. The van der Waals surface area contributed by atoms with E-state index < -0.39 is 18.3 Å². The van der Waals surface area contributed by atoms with Crippen molar-refractivity contribution in [3.05, 3.63) is 28.8 Å². The highest BCUT2D eigenvalue weighted by atomic mass is 16.7. The Bertz CT molecular complexity index is 587. The predicted octanol–water partition coefficient (Wildman–Crippen LogP) is 2.04. The SMILES string of the molecule is Cc1c(C#N)cc(B2OC(C)(C)C(C)(C)O2)cc1C#N. The topological polar surface area (TPSA) is 66.0 Å². The van der Waals surface area contributed by atoms with E-state index in [0.29, 0.717) is 22.2 Å². The van der Waals surface area contributed by atoms with Gasteiger partial charge in [-0.15, -0.1) is 0 Å². The Morgan fingerprint density at radius 3 is 1.70 bits per heavy atom. The molecule has 0 radical (unpaired) electrons. The standard InChI is InChI=1S/C15H17BN2O2/c1-10-11(8-17)6-13(7-12(10)9-18)16-19-14(2,3)15(4,5)20-16/h6-7H,1-5H3. The maximum absolute atomic E-state index is 9.17. The summed E-state index contributed by atoms with van der Waals surface area (Å²) in [4.78, 5) is 0. The third-order valence-corrected chi connectivity index (χ3v) is 4.20. The molecule has 20 heavy (non-hydrogen) atoms. The molecular formula is C15H17BN2O2. The van der Waals surface area contributed by atoms with Crippen molar-refractivity contribution in [2.45, 2.75) is 45.8 Å². The molecule has 102 valence electrons. The van der Waals surface area contributed by atoms with Gasteiger partial charge in [0.2, 0.25) is 0 Å². The van der Waals surface area contributed by atoms with Gasteiger partial charge in [-0.2, -0.15) is 10.5 Å². The van der Waals surface area contributed by atoms with E-state index in [1.54, 1.807) is 19.1 Å². The second-order valence-corrected chi connectivity index (χ2v) is 6.05. The van der Waals surface area contributed by atoms with Gasteiger partial charge in [-0.3, -0.25) is 0 Å². The quantitative estimate of drug-likeness (QED) is 0.731. The van der Waals surface area contributed by atoms with Gasteiger partial charge in [0.15, 0.2) is 0 Å². The minimum Gasteiger partial charge on any atom is -0.399 e. The Balaban J connectivity index is 2.47. The van der Waals surface area contributed by atoms with Crippen molar-refractivity contribution >= 4 is 12.6 Å². The van der Waals surface area contributed by atoms with Crippen LogP contribution in [0.25, 0.3) is 0 Å². The van der Waals surface area contributed by atoms with Gasteiger partial charge in [-0.25, -0.2) is 0 Å². The van der Waals surface area contributed by atoms with Crippen LogP contribution in [0.3, 0.4) is 0 Å². The highest BCUT2D eigenvalue weighted by Crippen LogP contribution is 2.36. The molecule has 0 N–H and O–H groups in total. The van der Waals surface area contributed by atoms with Gasteiger partial charge in [0, 0.05) is 0 Å². The molecule has 1 aliphatic heterocycles. The summed E-state index contributed by atoms with van der Waals surface area (Å²) in [6.07, 6.45) is 0. The predicted molar refractivity (Wildman–Crippen MR) is 76.3 cm³/mol. The number of nitrogens with zero attached hydrogens (tertiary/aromatic N) is 2. The van der Waals surface area contributed by atoms with Gasteiger partial charge in [0.05, 0.1) is 34.5 Å². The lowest BCUT2D eigenvalue weighted by Gasteiger charge is -2.32. The minimum atomic E-state index is -0.556. The van der Waals surface area contributed by atoms with E-state index >= 15 is 0 Å². The maximum atomic E-state index is 9.17. The van der Waals surface area contributed by atoms with Gasteiger partial charge in [-0.1, -0.05) is 0 Å². The molecule has 1 aliphatic rings. The normalized spacial score (nSPS) is 19.4. The summed E-state index contributed by atoms with van der Waals surface area (Å²) in [6, 6.07) is 7.70. The van der Waals surface area contributed by atoms with Crippen LogP contribution in [0.4, 0.5) is 0 Å².